The minimum atomic E-state index is -0.666. The normalized spacial score (nSPS) is 20.3. The van der Waals surface area contributed by atoms with Gasteiger partial charge in [0.05, 0.1) is 12.0 Å². The van der Waals surface area contributed by atoms with Gasteiger partial charge in [0.2, 0.25) is 0 Å². The standard InChI is InChI=1S/C19H23NO2S/c1-13-7-8-16(14(2)11-13)18(17-6-4-10-23-17)20-9-3-5-15(12-20)19(21)22/h4,6-8,10-11,15,18H,3,5,9,12H2,1-2H3,(H,21,22). The number of thiophene rings is 1. The number of carbonyl (C=O) groups is 1. The minimum Gasteiger partial charge on any atom is -0.481 e. The van der Waals surface area contributed by atoms with Crippen molar-refractivity contribution in [3.05, 3.63) is 57.3 Å². The third-order valence-electron chi connectivity index (χ3n) is 4.70. The topological polar surface area (TPSA) is 40.5 Å². The van der Waals surface area contributed by atoms with E-state index in [0.29, 0.717) is 6.54 Å². The highest BCUT2D eigenvalue weighted by atomic mass is 32.1. The molecule has 0 saturated carbocycles. The summed E-state index contributed by atoms with van der Waals surface area (Å²) < 4.78 is 0. The summed E-state index contributed by atoms with van der Waals surface area (Å²) in [6.45, 7) is 5.85. The van der Waals surface area contributed by atoms with Gasteiger partial charge in [0, 0.05) is 11.4 Å². The zero-order valence-corrected chi connectivity index (χ0v) is 14.5. The van der Waals surface area contributed by atoms with E-state index in [1.54, 1.807) is 11.3 Å². The number of likely N-dealkylation sites (tertiary alicyclic amines) is 1. The van der Waals surface area contributed by atoms with Crippen LogP contribution in [0.4, 0.5) is 0 Å². The smallest absolute Gasteiger partial charge is 0.307 e. The van der Waals surface area contributed by atoms with Crippen molar-refractivity contribution < 1.29 is 9.90 Å². The summed E-state index contributed by atoms with van der Waals surface area (Å²) in [7, 11) is 0. The van der Waals surface area contributed by atoms with Gasteiger partial charge in [-0.3, -0.25) is 9.69 Å². The summed E-state index contributed by atoms with van der Waals surface area (Å²) in [5, 5.41) is 11.5. The van der Waals surface area contributed by atoms with E-state index in [1.165, 1.54) is 21.6 Å². The van der Waals surface area contributed by atoms with Gasteiger partial charge in [-0.15, -0.1) is 11.3 Å². The molecule has 1 aliphatic rings. The third kappa shape index (κ3) is 3.48. The summed E-state index contributed by atoms with van der Waals surface area (Å²) in [6, 6.07) is 11.0. The lowest BCUT2D eigenvalue weighted by molar-refractivity contribution is -0.143. The van der Waals surface area contributed by atoms with Crippen molar-refractivity contribution in [3.8, 4) is 0 Å². The molecule has 23 heavy (non-hydrogen) atoms. The zero-order valence-electron chi connectivity index (χ0n) is 13.7. The Morgan fingerprint density at radius 1 is 1.35 bits per heavy atom. The van der Waals surface area contributed by atoms with Crippen LogP contribution in [0.1, 0.15) is 40.5 Å². The number of hydrogen-bond donors (Lipinski definition) is 1. The molecule has 1 aliphatic heterocycles. The summed E-state index contributed by atoms with van der Waals surface area (Å²) in [5.41, 5.74) is 3.84. The highest BCUT2D eigenvalue weighted by molar-refractivity contribution is 7.10. The Labute approximate surface area is 141 Å². The Kier molecular flexibility index (Phi) is 4.83. The van der Waals surface area contributed by atoms with Gasteiger partial charge >= 0.3 is 5.97 Å². The highest BCUT2D eigenvalue weighted by Gasteiger charge is 2.32. The maximum absolute atomic E-state index is 11.4. The van der Waals surface area contributed by atoms with E-state index in [0.717, 1.165) is 19.4 Å². The number of benzene rings is 1. The van der Waals surface area contributed by atoms with E-state index in [2.05, 4.69) is 54.5 Å². The Morgan fingerprint density at radius 3 is 2.83 bits per heavy atom. The molecule has 1 fully saturated rings. The molecular formula is C19H23NO2S. The fourth-order valence-electron chi connectivity index (χ4n) is 3.55. The number of aliphatic carboxylic acids is 1. The van der Waals surface area contributed by atoms with E-state index < -0.39 is 5.97 Å². The number of hydrogen-bond acceptors (Lipinski definition) is 3. The zero-order chi connectivity index (χ0) is 16.4. The molecule has 2 aromatic rings. The molecule has 3 nitrogen and oxygen atoms in total. The molecule has 0 amide bonds. The van der Waals surface area contributed by atoms with Crippen LogP contribution in [-0.2, 0) is 4.79 Å². The van der Waals surface area contributed by atoms with Gasteiger partial charge in [0.25, 0.3) is 0 Å². The molecule has 2 heterocycles. The van der Waals surface area contributed by atoms with Crippen LogP contribution in [0.3, 0.4) is 0 Å². The molecule has 2 unspecified atom stereocenters. The van der Waals surface area contributed by atoms with Gasteiger partial charge in [-0.2, -0.15) is 0 Å². The summed E-state index contributed by atoms with van der Waals surface area (Å²) in [4.78, 5) is 15.1. The van der Waals surface area contributed by atoms with Crippen LogP contribution in [0, 0.1) is 19.8 Å². The van der Waals surface area contributed by atoms with Crippen LogP contribution in [0.5, 0.6) is 0 Å². The maximum Gasteiger partial charge on any atom is 0.307 e. The van der Waals surface area contributed by atoms with Gasteiger partial charge in [-0.25, -0.2) is 0 Å². The molecule has 0 bridgehead atoms. The number of aryl methyl sites for hydroxylation is 2. The molecule has 1 N–H and O–H groups in total. The van der Waals surface area contributed by atoms with Gasteiger partial charge in [-0.05, 0) is 55.8 Å². The number of rotatable bonds is 4. The molecule has 1 saturated heterocycles. The Hall–Kier alpha value is -1.65. The van der Waals surface area contributed by atoms with Crippen molar-refractivity contribution in [2.75, 3.05) is 13.1 Å². The van der Waals surface area contributed by atoms with Gasteiger partial charge in [0.1, 0.15) is 0 Å². The van der Waals surface area contributed by atoms with Crippen molar-refractivity contribution >= 4 is 17.3 Å². The van der Waals surface area contributed by atoms with Gasteiger partial charge in [-0.1, -0.05) is 29.8 Å². The molecule has 3 rings (SSSR count). The Balaban J connectivity index is 1.98. The van der Waals surface area contributed by atoms with Crippen LogP contribution in [0.15, 0.2) is 35.7 Å². The lowest BCUT2D eigenvalue weighted by Gasteiger charge is -2.37. The highest BCUT2D eigenvalue weighted by Crippen LogP contribution is 2.36. The average molecular weight is 329 g/mol. The third-order valence-corrected chi connectivity index (χ3v) is 5.62. The van der Waals surface area contributed by atoms with Crippen LogP contribution in [-0.4, -0.2) is 29.1 Å². The fraction of sp³-hybridized carbons (Fsp3) is 0.421. The minimum absolute atomic E-state index is 0.165. The lowest BCUT2D eigenvalue weighted by atomic mass is 9.92. The second kappa shape index (κ2) is 6.85. The number of piperidine rings is 1. The predicted molar refractivity (Wildman–Crippen MR) is 94.0 cm³/mol. The Morgan fingerprint density at radius 2 is 2.17 bits per heavy atom. The molecule has 0 aliphatic carbocycles. The van der Waals surface area contributed by atoms with E-state index >= 15 is 0 Å². The molecule has 0 radical (unpaired) electrons. The average Bonchev–Trinajstić information content (AvgIpc) is 3.04. The number of carboxylic acids is 1. The van der Waals surface area contributed by atoms with Crippen molar-refractivity contribution in [3.63, 3.8) is 0 Å². The quantitative estimate of drug-likeness (QED) is 0.911. The molecule has 0 spiro atoms. The van der Waals surface area contributed by atoms with Gasteiger partial charge in [0.15, 0.2) is 0 Å². The summed E-state index contributed by atoms with van der Waals surface area (Å²) >= 11 is 1.75. The molecule has 1 aromatic carbocycles. The van der Waals surface area contributed by atoms with Crippen LogP contribution >= 0.6 is 11.3 Å². The lowest BCUT2D eigenvalue weighted by Crippen LogP contribution is -2.41. The van der Waals surface area contributed by atoms with E-state index in [9.17, 15) is 9.90 Å². The predicted octanol–water partition coefficient (Wildman–Crippen LogP) is 4.25. The van der Waals surface area contributed by atoms with Crippen molar-refractivity contribution in [2.45, 2.75) is 32.7 Å². The van der Waals surface area contributed by atoms with Crippen LogP contribution in [0.2, 0.25) is 0 Å². The van der Waals surface area contributed by atoms with E-state index in [4.69, 9.17) is 0 Å². The maximum atomic E-state index is 11.4. The second-order valence-corrected chi connectivity index (χ2v) is 7.43. The largest absolute Gasteiger partial charge is 0.481 e. The first-order valence-electron chi connectivity index (χ1n) is 8.13. The van der Waals surface area contributed by atoms with Gasteiger partial charge < -0.3 is 5.11 Å². The summed E-state index contributed by atoms with van der Waals surface area (Å²) in [5.74, 6) is -0.919. The molecule has 122 valence electrons. The van der Waals surface area contributed by atoms with Crippen LogP contribution < -0.4 is 0 Å². The van der Waals surface area contributed by atoms with Crippen molar-refractivity contribution in [1.82, 2.24) is 4.90 Å². The first kappa shape index (κ1) is 16.2. The monoisotopic (exact) mass is 329 g/mol. The van der Waals surface area contributed by atoms with Crippen molar-refractivity contribution in [1.29, 1.82) is 0 Å². The molecule has 2 atom stereocenters. The summed E-state index contributed by atoms with van der Waals surface area (Å²) in [6.07, 6.45) is 1.74. The SMILES string of the molecule is Cc1ccc(C(c2cccs2)N2CCCC(C(=O)O)C2)c(C)c1. The van der Waals surface area contributed by atoms with E-state index in [1.807, 2.05) is 0 Å². The Bertz CT molecular complexity index is 681. The number of nitrogens with zero attached hydrogens (tertiary/aromatic N) is 1. The molecular weight excluding hydrogens is 306 g/mol. The first-order chi connectivity index (χ1) is 11.1. The molecule has 1 aromatic heterocycles. The second-order valence-electron chi connectivity index (χ2n) is 6.45. The molecule has 4 heteroatoms. The fourth-order valence-corrected chi connectivity index (χ4v) is 4.43. The first-order valence-corrected chi connectivity index (χ1v) is 9.01. The van der Waals surface area contributed by atoms with Crippen LogP contribution in [0.25, 0.3) is 0 Å². The van der Waals surface area contributed by atoms with E-state index in [-0.39, 0.29) is 12.0 Å². The van der Waals surface area contributed by atoms with Crippen molar-refractivity contribution in [2.24, 2.45) is 5.92 Å². The number of carboxylic acid groups (broad SMARTS) is 1.